The number of hydrogen-bond acceptors (Lipinski definition) is 4. The average Bonchev–Trinajstić information content (AvgIpc) is 2.26. The van der Waals surface area contributed by atoms with Gasteiger partial charge in [-0.3, -0.25) is 10.1 Å². The van der Waals surface area contributed by atoms with E-state index in [1.165, 1.54) is 18.2 Å². The normalized spacial score (nSPS) is 10.2. The van der Waals surface area contributed by atoms with Gasteiger partial charge in [-0.2, -0.15) is 4.39 Å². The number of aromatic hydroxyl groups is 1. The van der Waals surface area contributed by atoms with E-state index in [2.05, 4.69) is 0 Å². The van der Waals surface area contributed by atoms with Gasteiger partial charge in [0.05, 0.1) is 4.92 Å². The van der Waals surface area contributed by atoms with Crippen LogP contribution in [0.25, 0.3) is 0 Å². The lowest BCUT2D eigenvalue weighted by Gasteiger charge is -2.07. The molecule has 0 amide bonds. The van der Waals surface area contributed by atoms with Crippen LogP contribution in [0.3, 0.4) is 0 Å². The number of nitrogens with zero attached hydrogens (tertiary/aromatic N) is 1. The summed E-state index contributed by atoms with van der Waals surface area (Å²) < 4.78 is 31.4. The van der Waals surface area contributed by atoms with Crippen LogP contribution in [-0.4, -0.2) is 10.0 Å². The quantitative estimate of drug-likeness (QED) is 0.683. The second-order valence-electron chi connectivity index (χ2n) is 3.59. The fourth-order valence-electron chi connectivity index (χ4n) is 1.47. The van der Waals surface area contributed by atoms with Crippen LogP contribution in [0.2, 0.25) is 0 Å². The molecule has 0 bridgehead atoms. The molecule has 98 valence electrons. The summed E-state index contributed by atoms with van der Waals surface area (Å²) in [6, 6.07) is 6.41. The first-order valence-corrected chi connectivity index (χ1v) is 5.07. The Morgan fingerprint density at radius 2 is 1.95 bits per heavy atom. The summed E-state index contributed by atoms with van der Waals surface area (Å²) in [7, 11) is 0. The fraction of sp³-hybridized carbons (Fsp3) is 0. The number of nitro groups is 1. The van der Waals surface area contributed by atoms with E-state index in [1.807, 2.05) is 0 Å². The van der Waals surface area contributed by atoms with Gasteiger partial charge in [-0.15, -0.1) is 0 Å². The zero-order chi connectivity index (χ0) is 14.0. The molecule has 0 saturated heterocycles. The Kier molecular flexibility index (Phi) is 3.28. The smallest absolute Gasteiger partial charge is 0.347 e. The van der Waals surface area contributed by atoms with Gasteiger partial charge in [0, 0.05) is 18.2 Å². The third-order valence-electron chi connectivity index (χ3n) is 2.22. The van der Waals surface area contributed by atoms with E-state index in [4.69, 9.17) is 4.74 Å². The highest BCUT2D eigenvalue weighted by Crippen LogP contribution is 2.35. The third kappa shape index (κ3) is 2.76. The molecule has 7 heteroatoms. The maximum Gasteiger partial charge on any atom is 0.347 e. The van der Waals surface area contributed by atoms with Gasteiger partial charge in [-0.05, 0) is 12.1 Å². The highest BCUT2D eigenvalue weighted by molar-refractivity contribution is 5.50. The summed E-state index contributed by atoms with van der Waals surface area (Å²) in [5.74, 6) is -3.03. The van der Waals surface area contributed by atoms with Gasteiger partial charge >= 0.3 is 5.69 Å². The summed E-state index contributed by atoms with van der Waals surface area (Å²) in [6.45, 7) is 0. The predicted octanol–water partition coefficient (Wildman–Crippen LogP) is 3.37. The second-order valence-corrected chi connectivity index (χ2v) is 3.59. The number of hydrogen-bond donors (Lipinski definition) is 1. The molecule has 2 rings (SSSR count). The van der Waals surface area contributed by atoms with Crippen molar-refractivity contribution in [1.82, 2.24) is 0 Å². The topological polar surface area (TPSA) is 72.6 Å². The minimum atomic E-state index is -1.33. The number of nitro benzene ring substituents is 1. The van der Waals surface area contributed by atoms with Crippen molar-refractivity contribution in [3.8, 4) is 17.2 Å². The number of benzene rings is 2. The molecule has 0 spiro atoms. The largest absolute Gasteiger partial charge is 0.508 e. The first kappa shape index (κ1) is 12.7. The van der Waals surface area contributed by atoms with Crippen molar-refractivity contribution in [3.05, 3.63) is 58.1 Å². The summed E-state index contributed by atoms with van der Waals surface area (Å²) in [6.07, 6.45) is 0. The Labute approximate surface area is 105 Å². The predicted molar refractivity (Wildman–Crippen MR) is 61.2 cm³/mol. The minimum Gasteiger partial charge on any atom is -0.508 e. The molecule has 19 heavy (non-hydrogen) atoms. The number of phenols is 1. The van der Waals surface area contributed by atoms with E-state index in [0.29, 0.717) is 12.1 Å². The molecule has 0 atom stereocenters. The first-order valence-electron chi connectivity index (χ1n) is 5.07. The van der Waals surface area contributed by atoms with Crippen molar-refractivity contribution in [2.45, 2.75) is 0 Å². The summed E-state index contributed by atoms with van der Waals surface area (Å²) in [4.78, 5) is 9.72. The van der Waals surface area contributed by atoms with Crippen LogP contribution in [0.1, 0.15) is 0 Å². The number of rotatable bonds is 3. The van der Waals surface area contributed by atoms with E-state index >= 15 is 0 Å². The van der Waals surface area contributed by atoms with Crippen molar-refractivity contribution in [1.29, 1.82) is 0 Å². The van der Waals surface area contributed by atoms with Crippen LogP contribution in [0.15, 0.2) is 36.4 Å². The molecule has 2 aromatic rings. The van der Waals surface area contributed by atoms with E-state index < -0.39 is 28.0 Å². The van der Waals surface area contributed by atoms with Gasteiger partial charge < -0.3 is 9.84 Å². The fourth-order valence-corrected chi connectivity index (χ4v) is 1.47. The Bertz CT molecular complexity index is 646. The molecule has 0 fully saturated rings. The maximum absolute atomic E-state index is 13.3. The Morgan fingerprint density at radius 3 is 2.58 bits per heavy atom. The van der Waals surface area contributed by atoms with Crippen LogP contribution in [0.5, 0.6) is 17.2 Å². The molecule has 2 aromatic carbocycles. The highest BCUT2D eigenvalue weighted by atomic mass is 19.1. The van der Waals surface area contributed by atoms with Crippen molar-refractivity contribution in [2.24, 2.45) is 0 Å². The molecule has 0 saturated carbocycles. The lowest BCUT2D eigenvalue weighted by atomic mass is 10.2. The van der Waals surface area contributed by atoms with Crippen molar-refractivity contribution in [3.63, 3.8) is 0 Å². The molecule has 5 nitrogen and oxygen atoms in total. The van der Waals surface area contributed by atoms with E-state index in [9.17, 15) is 24.0 Å². The molecule has 0 aliphatic heterocycles. The van der Waals surface area contributed by atoms with Crippen molar-refractivity contribution in [2.75, 3.05) is 0 Å². The number of phenolic OH excluding ortho intramolecular Hbond substituents is 1. The zero-order valence-electron chi connectivity index (χ0n) is 9.34. The molecule has 0 radical (unpaired) electrons. The maximum atomic E-state index is 13.3. The number of ether oxygens (including phenoxy) is 1. The molecule has 0 aromatic heterocycles. The van der Waals surface area contributed by atoms with Gasteiger partial charge in [0.15, 0.2) is 0 Å². The molecular formula is C12H7F2NO4. The molecule has 0 aliphatic rings. The first-order chi connectivity index (χ1) is 8.97. The van der Waals surface area contributed by atoms with Gasteiger partial charge in [0.2, 0.25) is 11.6 Å². The molecule has 0 unspecified atom stereocenters. The van der Waals surface area contributed by atoms with Gasteiger partial charge in [-0.25, -0.2) is 4.39 Å². The molecule has 0 aliphatic carbocycles. The van der Waals surface area contributed by atoms with E-state index in [1.54, 1.807) is 0 Å². The lowest BCUT2D eigenvalue weighted by Crippen LogP contribution is -1.98. The monoisotopic (exact) mass is 267 g/mol. The molecule has 1 N–H and O–H groups in total. The SMILES string of the molecule is O=[N+]([O-])c1c(F)cc(F)cc1Oc1cccc(O)c1. The molecular weight excluding hydrogens is 260 g/mol. The average molecular weight is 267 g/mol. The van der Waals surface area contributed by atoms with Crippen molar-refractivity contribution < 1.29 is 23.5 Å². The summed E-state index contributed by atoms with van der Waals surface area (Å²) in [5, 5.41) is 19.9. The Hall–Kier alpha value is -2.70. The van der Waals surface area contributed by atoms with Crippen LogP contribution < -0.4 is 4.74 Å². The standard InChI is InChI=1S/C12H7F2NO4/c13-7-4-10(14)12(15(17)18)11(5-7)19-9-3-1-2-8(16)6-9/h1-6,16H. The highest BCUT2D eigenvalue weighted by Gasteiger charge is 2.24. The second kappa shape index (κ2) is 4.89. The lowest BCUT2D eigenvalue weighted by molar-refractivity contribution is -0.388. The number of halogens is 2. The Morgan fingerprint density at radius 1 is 1.21 bits per heavy atom. The van der Waals surface area contributed by atoms with Crippen molar-refractivity contribution >= 4 is 5.69 Å². The Balaban J connectivity index is 2.47. The van der Waals surface area contributed by atoms with Crippen LogP contribution in [-0.2, 0) is 0 Å². The zero-order valence-corrected chi connectivity index (χ0v) is 9.34. The summed E-state index contributed by atoms with van der Waals surface area (Å²) in [5.41, 5.74) is -0.968. The third-order valence-corrected chi connectivity index (χ3v) is 2.22. The van der Waals surface area contributed by atoms with Gasteiger partial charge in [-0.1, -0.05) is 6.07 Å². The van der Waals surface area contributed by atoms with Crippen LogP contribution in [0, 0.1) is 21.7 Å². The minimum absolute atomic E-state index is 0.0214. The summed E-state index contributed by atoms with van der Waals surface area (Å²) >= 11 is 0. The molecule has 0 heterocycles. The van der Waals surface area contributed by atoms with Gasteiger partial charge in [0.25, 0.3) is 0 Å². The van der Waals surface area contributed by atoms with E-state index in [-0.39, 0.29) is 11.5 Å². The van der Waals surface area contributed by atoms with Gasteiger partial charge in [0.1, 0.15) is 17.3 Å². The van der Waals surface area contributed by atoms with E-state index in [0.717, 1.165) is 6.07 Å². The van der Waals surface area contributed by atoms with Crippen LogP contribution in [0.4, 0.5) is 14.5 Å². The van der Waals surface area contributed by atoms with Crippen LogP contribution >= 0.6 is 0 Å².